The minimum atomic E-state index is -1.15. The molecule has 4 rings (SSSR count). The van der Waals surface area contributed by atoms with E-state index in [1.807, 2.05) is 11.7 Å². The molecule has 7 heteroatoms. The van der Waals surface area contributed by atoms with Gasteiger partial charge in [0.05, 0.1) is 18.6 Å². The number of aliphatic imine (C=N–C) groups is 2. The molecule has 0 saturated carbocycles. The fourth-order valence-corrected chi connectivity index (χ4v) is 3.48. The van der Waals surface area contributed by atoms with Crippen molar-refractivity contribution in [1.82, 2.24) is 9.78 Å². The van der Waals surface area contributed by atoms with Crippen LogP contribution in [0.15, 0.2) is 40.0 Å². The quantitative estimate of drug-likeness (QED) is 0.803. The number of aryl methyl sites for hydroxylation is 1. The lowest BCUT2D eigenvalue weighted by atomic mass is 9.80. The van der Waals surface area contributed by atoms with Crippen LogP contribution in [0.25, 0.3) is 0 Å². The molecule has 108 valence electrons. The van der Waals surface area contributed by atoms with E-state index in [0.29, 0.717) is 17.8 Å². The van der Waals surface area contributed by atoms with Crippen LogP contribution in [0.5, 0.6) is 0 Å². The van der Waals surface area contributed by atoms with E-state index in [-0.39, 0.29) is 4.00 Å². The van der Waals surface area contributed by atoms with Gasteiger partial charge in [0.25, 0.3) is 0 Å². The second kappa shape index (κ2) is 4.13. The zero-order valence-corrected chi connectivity index (χ0v) is 12.3. The molecule has 0 aromatic carbocycles. The third kappa shape index (κ3) is 1.64. The number of aliphatic hydroxyl groups is 1. The van der Waals surface area contributed by atoms with Crippen molar-refractivity contribution in [3.05, 3.63) is 41.2 Å². The van der Waals surface area contributed by atoms with Gasteiger partial charge in [-0.05, 0) is 19.3 Å². The molecule has 2 unspecified atom stereocenters. The molecular weight excluding hydrogens is 290 g/mol. The zero-order chi connectivity index (χ0) is 14.7. The maximum Gasteiger partial charge on any atom is 0.218 e. The van der Waals surface area contributed by atoms with Gasteiger partial charge in [0.1, 0.15) is 17.5 Å². The van der Waals surface area contributed by atoms with Crippen LogP contribution in [0.1, 0.15) is 24.1 Å². The SMILES string of the molecule is Cn1ncc2c1CCCC2(O)C1=C2C=NC=C[N+]2(Cl)C=N1. The number of allylic oxidation sites excluding steroid dienone is 1. The molecule has 0 fully saturated rings. The van der Waals surface area contributed by atoms with Gasteiger partial charge >= 0.3 is 0 Å². The topological polar surface area (TPSA) is 62.8 Å². The number of quaternary nitrogens is 1. The van der Waals surface area contributed by atoms with E-state index in [1.54, 1.807) is 31.1 Å². The average Bonchev–Trinajstić information content (AvgIpc) is 3.01. The smallest absolute Gasteiger partial charge is 0.218 e. The molecule has 0 radical (unpaired) electrons. The Labute approximate surface area is 127 Å². The molecule has 0 bridgehead atoms. The monoisotopic (exact) mass is 304 g/mol. The van der Waals surface area contributed by atoms with Crippen LogP contribution in [-0.4, -0.2) is 31.4 Å². The van der Waals surface area contributed by atoms with Crippen molar-refractivity contribution in [1.29, 1.82) is 0 Å². The first-order valence-corrected chi connectivity index (χ1v) is 7.22. The molecule has 0 spiro atoms. The lowest BCUT2D eigenvalue weighted by molar-refractivity contribution is -0.592. The maximum atomic E-state index is 11.3. The summed E-state index contributed by atoms with van der Waals surface area (Å²) in [4.78, 5) is 8.55. The highest BCUT2D eigenvalue weighted by atomic mass is 35.5. The molecule has 0 saturated heterocycles. The molecule has 0 amide bonds. The van der Waals surface area contributed by atoms with Gasteiger partial charge in [-0.25, -0.2) is 0 Å². The highest BCUT2D eigenvalue weighted by molar-refractivity contribution is 6.14. The Morgan fingerprint density at radius 2 is 2.33 bits per heavy atom. The van der Waals surface area contributed by atoms with E-state index in [1.165, 1.54) is 0 Å². The highest BCUT2D eigenvalue weighted by Crippen LogP contribution is 2.46. The molecular formula is C14H15ClN5O+. The normalized spacial score (nSPS) is 33.5. The number of fused-ring (bicyclic) bond motifs is 2. The van der Waals surface area contributed by atoms with E-state index < -0.39 is 5.60 Å². The van der Waals surface area contributed by atoms with Crippen LogP contribution < -0.4 is 0 Å². The Morgan fingerprint density at radius 1 is 1.48 bits per heavy atom. The summed E-state index contributed by atoms with van der Waals surface area (Å²) in [5.74, 6) is 0. The van der Waals surface area contributed by atoms with Crippen molar-refractivity contribution in [3.8, 4) is 0 Å². The maximum absolute atomic E-state index is 11.3. The van der Waals surface area contributed by atoms with Crippen molar-refractivity contribution < 1.29 is 9.11 Å². The fraction of sp³-hybridized carbons (Fsp3) is 0.357. The van der Waals surface area contributed by atoms with E-state index >= 15 is 0 Å². The van der Waals surface area contributed by atoms with Crippen molar-refractivity contribution >= 4 is 24.3 Å². The van der Waals surface area contributed by atoms with Crippen molar-refractivity contribution in [2.24, 2.45) is 17.0 Å². The number of aromatic nitrogens is 2. The Morgan fingerprint density at radius 3 is 3.19 bits per heavy atom. The summed E-state index contributed by atoms with van der Waals surface area (Å²) < 4.78 is 1.75. The van der Waals surface area contributed by atoms with Crippen molar-refractivity contribution in [2.75, 3.05) is 0 Å². The second-order valence-corrected chi connectivity index (χ2v) is 6.14. The average molecular weight is 305 g/mol. The third-order valence-corrected chi connectivity index (χ3v) is 4.77. The van der Waals surface area contributed by atoms with Gasteiger partial charge in [0, 0.05) is 18.3 Å². The van der Waals surface area contributed by atoms with Crippen molar-refractivity contribution in [3.63, 3.8) is 0 Å². The zero-order valence-electron chi connectivity index (χ0n) is 11.6. The number of halogens is 1. The summed E-state index contributed by atoms with van der Waals surface area (Å²) in [6, 6.07) is 0. The Balaban J connectivity index is 1.92. The first kappa shape index (κ1) is 12.9. The summed E-state index contributed by atoms with van der Waals surface area (Å²) in [6.45, 7) is 0. The predicted molar refractivity (Wildman–Crippen MR) is 79.3 cm³/mol. The summed E-state index contributed by atoms with van der Waals surface area (Å²) in [7, 11) is 1.90. The molecule has 6 nitrogen and oxygen atoms in total. The summed E-state index contributed by atoms with van der Waals surface area (Å²) in [5.41, 5.74) is 1.98. The Bertz CT molecular complexity index is 747. The van der Waals surface area contributed by atoms with Gasteiger partial charge in [-0.2, -0.15) is 10.1 Å². The third-order valence-electron chi connectivity index (χ3n) is 4.38. The highest BCUT2D eigenvalue weighted by Gasteiger charge is 2.49. The fourth-order valence-electron chi connectivity index (χ4n) is 3.27. The standard InChI is InChI=1S/C14H15ClN5O/c1-19-11-3-2-4-14(21,10(11)7-18-19)13-12-8-16-5-6-20(12,15)9-17-13/h5-9,21H,2-4H2,1H3/q+1. The predicted octanol–water partition coefficient (Wildman–Crippen LogP) is 1.72. The minimum Gasteiger partial charge on any atom is -0.378 e. The Kier molecular flexibility index (Phi) is 2.54. The van der Waals surface area contributed by atoms with Gasteiger partial charge in [-0.15, -0.1) is 4.00 Å². The molecule has 21 heavy (non-hydrogen) atoms. The lowest BCUT2D eigenvalue weighted by Gasteiger charge is -2.32. The minimum absolute atomic E-state index is 0.0727. The Hall–Kier alpha value is -1.76. The number of rotatable bonds is 1. The van der Waals surface area contributed by atoms with Crippen LogP contribution in [0.2, 0.25) is 0 Å². The number of hydrogen-bond acceptors (Lipinski definition) is 4. The van der Waals surface area contributed by atoms with E-state index in [4.69, 9.17) is 11.8 Å². The van der Waals surface area contributed by atoms with E-state index in [9.17, 15) is 5.11 Å². The van der Waals surface area contributed by atoms with E-state index in [0.717, 1.165) is 24.1 Å². The van der Waals surface area contributed by atoms with Crippen LogP contribution >= 0.6 is 11.8 Å². The van der Waals surface area contributed by atoms with Gasteiger partial charge in [-0.3, -0.25) is 9.67 Å². The largest absolute Gasteiger partial charge is 0.378 e. The second-order valence-electron chi connectivity index (χ2n) is 5.58. The first-order valence-electron chi connectivity index (χ1n) is 6.88. The molecule has 1 aromatic heterocycles. The lowest BCUT2D eigenvalue weighted by Crippen LogP contribution is -2.35. The molecule has 2 atom stereocenters. The van der Waals surface area contributed by atoms with Gasteiger partial charge < -0.3 is 5.11 Å². The molecule has 1 N–H and O–H groups in total. The molecule has 2 aliphatic heterocycles. The first-order chi connectivity index (χ1) is 10.0. The summed E-state index contributed by atoms with van der Waals surface area (Å²) in [6.07, 6.45) is 10.8. The van der Waals surface area contributed by atoms with Gasteiger partial charge in [0.15, 0.2) is 11.8 Å². The summed E-state index contributed by atoms with van der Waals surface area (Å²) in [5, 5.41) is 15.6. The molecule has 3 heterocycles. The molecule has 1 aliphatic carbocycles. The van der Waals surface area contributed by atoms with Crippen LogP contribution in [0, 0.1) is 0 Å². The number of hydrogen-bond donors (Lipinski definition) is 1. The van der Waals surface area contributed by atoms with E-state index in [2.05, 4.69) is 15.1 Å². The number of nitrogens with zero attached hydrogens (tertiary/aromatic N) is 5. The van der Waals surface area contributed by atoms with Gasteiger partial charge in [0.2, 0.25) is 12.0 Å². The van der Waals surface area contributed by atoms with Crippen molar-refractivity contribution in [2.45, 2.75) is 24.9 Å². The van der Waals surface area contributed by atoms with Crippen LogP contribution in [0.3, 0.4) is 0 Å². The van der Waals surface area contributed by atoms with Crippen LogP contribution in [-0.2, 0) is 19.1 Å². The molecule has 3 aliphatic rings. The summed E-state index contributed by atoms with van der Waals surface area (Å²) >= 11 is 6.50. The molecule has 1 aromatic rings. The van der Waals surface area contributed by atoms with Crippen LogP contribution in [0.4, 0.5) is 0 Å². The van der Waals surface area contributed by atoms with Gasteiger partial charge in [-0.1, -0.05) is 0 Å².